The number of sulfonamides is 1. The fraction of sp³-hybridized carbons (Fsp3) is 0.200. The summed E-state index contributed by atoms with van der Waals surface area (Å²) in [4.78, 5) is 0.191. The minimum absolute atomic E-state index is 0.191. The second-order valence-electron chi connectivity index (χ2n) is 4.45. The zero-order valence-electron chi connectivity index (χ0n) is 11.1. The summed E-state index contributed by atoms with van der Waals surface area (Å²) in [5.74, 6) is 2.42. The molecule has 2 aromatic rings. The highest BCUT2D eigenvalue weighted by molar-refractivity contribution is 7.89. The maximum absolute atomic E-state index is 12.4. The van der Waals surface area contributed by atoms with Crippen LogP contribution >= 0.6 is 0 Å². The van der Waals surface area contributed by atoms with E-state index in [2.05, 4.69) is 10.6 Å². The first-order chi connectivity index (χ1) is 9.49. The number of fused-ring (bicyclic) bond motifs is 1. The van der Waals surface area contributed by atoms with Crippen molar-refractivity contribution >= 4 is 26.5 Å². The maximum atomic E-state index is 12.4. The first kappa shape index (κ1) is 14.4. The summed E-state index contributed by atoms with van der Waals surface area (Å²) in [5, 5.41) is 1.30. The Hall–Kier alpha value is -2.03. The van der Waals surface area contributed by atoms with Crippen molar-refractivity contribution in [3.8, 4) is 12.3 Å². The topological polar surface area (TPSA) is 72.2 Å². The Bertz CT molecular complexity index is 776. The Morgan fingerprint density at radius 1 is 1.25 bits per heavy atom. The number of nitrogens with two attached hydrogens (primary N) is 1. The lowest BCUT2D eigenvalue weighted by molar-refractivity contribution is 0.571. The summed E-state index contributed by atoms with van der Waals surface area (Å²) in [6.07, 6.45) is 5.84. The minimum Gasteiger partial charge on any atom is -0.398 e. The van der Waals surface area contributed by atoms with E-state index in [9.17, 15) is 8.42 Å². The molecule has 0 fully saturated rings. The first-order valence-electron chi connectivity index (χ1n) is 6.25. The third kappa shape index (κ3) is 2.62. The van der Waals surface area contributed by atoms with E-state index in [0.717, 1.165) is 0 Å². The van der Waals surface area contributed by atoms with Crippen LogP contribution in [0.25, 0.3) is 10.8 Å². The minimum atomic E-state index is -3.68. The van der Waals surface area contributed by atoms with Crippen LogP contribution < -0.4 is 10.5 Å². The van der Waals surface area contributed by atoms with Crippen molar-refractivity contribution in [3.05, 3.63) is 36.4 Å². The predicted octanol–water partition coefficient (Wildman–Crippen LogP) is 2.11. The Labute approximate surface area is 119 Å². The van der Waals surface area contributed by atoms with E-state index in [4.69, 9.17) is 12.2 Å². The van der Waals surface area contributed by atoms with Gasteiger partial charge in [-0.1, -0.05) is 37.1 Å². The fourth-order valence-corrected chi connectivity index (χ4v) is 3.47. The Balaban J connectivity index is 2.59. The highest BCUT2D eigenvalue weighted by atomic mass is 32.2. The van der Waals surface area contributed by atoms with Gasteiger partial charge < -0.3 is 5.73 Å². The quantitative estimate of drug-likeness (QED) is 0.668. The molecule has 0 saturated carbocycles. The summed E-state index contributed by atoms with van der Waals surface area (Å²) >= 11 is 0. The average molecular weight is 288 g/mol. The number of terminal acetylenes is 1. The van der Waals surface area contributed by atoms with Crippen LogP contribution in [0.2, 0.25) is 0 Å². The largest absolute Gasteiger partial charge is 0.398 e. The lowest BCUT2D eigenvalue weighted by Gasteiger charge is -2.14. The Kier molecular flexibility index (Phi) is 3.98. The van der Waals surface area contributed by atoms with Gasteiger partial charge in [0.25, 0.3) is 0 Å². The van der Waals surface area contributed by atoms with Gasteiger partial charge in [-0.3, -0.25) is 0 Å². The van der Waals surface area contributed by atoms with E-state index in [1.807, 2.05) is 13.0 Å². The standard InChI is InChI=1S/C15H16N2O2S/c1-3-11(4-2)17-20(18,19)15-10-9-14(16)12-7-5-6-8-13(12)15/h1,5-11,17H,4,16H2,2H3. The van der Waals surface area contributed by atoms with E-state index in [1.54, 1.807) is 24.3 Å². The van der Waals surface area contributed by atoms with Crippen LogP contribution in [-0.2, 0) is 10.0 Å². The maximum Gasteiger partial charge on any atom is 0.242 e. The molecule has 1 atom stereocenters. The smallest absolute Gasteiger partial charge is 0.242 e. The molecule has 1 unspecified atom stereocenters. The molecular weight excluding hydrogens is 272 g/mol. The van der Waals surface area contributed by atoms with Crippen LogP contribution in [0.1, 0.15) is 13.3 Å². The molecule has 0 radical (unpaired) electrons. The van der Waals surface area contributed by atoms with Crippen molar-refractivity contribution < 1.29 is 8.42 Å². The average Bonchev–Trinajstić information content (AvgIpc) is 2.45. The number of nitrogens with one attached hydrogen (secondary N) is 1. The number of benzene rings is 2. The van der Waals surface area contributed by atoms with Gasteiger partial charge in [-0.05, 0) is 18.6 Å². The van der Waals surface area contributed by atoms with Gasteiger partial charge in [0.05, 0.1) is 10.9 Å². The number of rotatable bonds is 4. The third-order valence-corrected chi connectivity index (χ3v) is 4.64. The zero-order valence-corrected chi connectivity index (χ0v) is 11.9. The van der Waals surface area contributed by atoms with Crippen LogP contribution in [0.3, 0.4) is 0 Å². The van der Waals surface area contributed by atoms with E-state index < -0.39 is 16.1 Å². The van der Waals surface area contributed by atoms with Gasteiger partial charge in [0.1, 0.15) is 0 Å². The third-order valence-electron chi connectivity index (χ3n) is 3.11. The summed E-state index contributed by atoms with van der Waals surface area (Å²) < 4.78 is 27.4. The first-order valence-corrected chi connectivity index (χ1v) is 7.73. The number of nitrogen functional groups attached to an aromatic ring is 1. The highest BCUT2D eigenvalue weighted by Crippen LogP contribution is 2.27. The molecule has 0 aromatic heterocycles. The molecule has 5 heteroatoms. The zero-order chi connectivity index (χ0) is 14.8. The van der Waals surface area contributed by atoms with Gasteiger partial charge in [-0.15, -0.1) is 6.42 Å². The number of anilines is 1. The van der Waals surface area contributed by atoms with E-state index in [0.29, 0.717) is 22.9 Å². The molecule has 0 aliphatic carbocycles. The monoisotopic (exact) mass is 288 g/mol. The van der Waals surface area contributed by atoms with Gasteiger partial charge in [0.15, 0.2) is 0 Å². The lowest BCUT2D eigenvalue weighted by Crippen LogP contribution is -2.33. The molecule has 4 nitrogen and oxygen atoms in total. The van der Waals surface area contributed by atoms with Crippen molar-refractivity contribution in [1.82, 2.24) is 4.72 Å². The van der Waals surface area contributed by atoms with E-state index >= 15 is 0 Å². The van der Waals surface area contributed by atoms with Gasteiger partial charge in [-0.2, -0.15) is 4.72 Å². The molecule has 2 aromatic carbocycles. The van der Waals surface area contributed by atoms with Gasteiger partial charge in [0, 0.05) is 16.5 Å². The van der Waals surface area contributed by atoms with E-state index in [1.165, 1.54) is 6.07 Å². The summed E-state index contributed by atoms with van der Waals surface area (Å²) in [6, 6.07) is 9.70. The molecule has 0 bridgehead atoms. The second-order valence-corrected chi connectivity index (χ2v) is 6.13. The van der Waals surface area contributed by atoms with Gasteiger partial charge >= 0.3 is 0 Å². The number of hydrogen-bond acceptors (Lipinski definition) is 3. The molecule has 0 aliphatic rings. The predicted molar refractivity (Wildman–Crippen MR) is 81.6 cm³/mol. The summed E-state index contributed by atoms with van der Waals surface area (Å²) in [6.45, 7) is 1.83. The summed E-state index contributed by atoms with van der Waals surface area (Å²) in [5.41, 5.74) is 6.42. The molecule has 0 amide bonds. The van der Waals surface area contributed by atoms with Crippen LogP contribution in [-0.4, -0.2) is 14.5 Å². The highest BCUT2D eigenvalue weighted by Gasteiger charge is 2.20. The van der Waals surface area contributed by atoms with Crippen molar-refractivity contribution in [1.29, 1.82) is 0 Å². The molecular formula is C15H16N2O2S. The number of hydrogen-bond donors (Lipinski definition) is 2. The Morgan fingerprint density at radius 2 is 1.90 bits per heavy atom. The molecule has 0 aliphatic heterocycles. The molecule has 2 rings (SSSR count). The SMILES string of the molecule is C#CC(CC)NS(=O)(=O)c1ccc(N)c2ccccc12. The van der Waals surface area contributed by atoms with Gasteiger partial charge in [-0.25, -0.2) is 8.42 Å². The fourth-order valence-electron chi connectivity index (χ4n) is 2.02. The second kappa shape index (κ2) is 5.53. The van der Waals surface area contributed by atoms with Crippen LogP contribution in [0, 0.1) is 12.3 Å². The van der Waals surface area contributed by atoms with Crippen molar-refractivity contribution in [2.75, 3.05) is 5.73 Å². The van der Waals surface area contributed by atoms with Crippen molar-refractivity contribution in [2.45, 2.75) is 24.3 Å². The molecule has 3 N–H and O–H groups in total. The molecule has 0 saturated heterocycles. The van der Waals surface area contributed by atoms with Crippen LogP contribution in [0.4, 0.5) is 5.69 Å². The van der Waals surface area contributed by atoms with Crippen LogP contribution in [0.5, 0.6) is 0 Å². The van der Waals surface area contributed by atoms with E-state index in [-0.39, 0.29) is 4.90 Å². The lowest BCUT2D eigenvalue weighted by atomic mass is 10.1. The molecule has 20 heavy (non-hydrogen) atoms. The van der Waals surface area contributed by atoms with Crippen molar-refractivity contribution in [2.24, 2.45) is 0 Å². The van der Waals surface area contributed by atoms with Crippen molar-refractivity contribution in [3.63, 3.8) is 0 Å². The van der Waals surface area contributed by atoms with Crippen LogP contribution in [0.15, 0.2) is 41.3 Å². The summed E-state index contributed by atoms with van der Waals surface area (Å²) in [7, 11) is -3.68. The Morgan fingerprint density at radius 3 is 2.50 bits per heavy atom. The van der Waals surface area contributed by atoms with Gasteiger partial charge in [0.2, 0.25) is 10.0 Å². The molecule has 0 heterocycles. The molecule has 0 spiro atoms. The molecule has 104 valence electrons. The normalized spacial score (nSPS) is 13.0.